The minimum absolute atomic E-state index is 0.209. The number of Topliss-reactive ketones (excluding diaryl/α,β-unsaturated/α-hetero) is 2. The number of carbonyl (C=O) groups is 2. The van der Waals surface area contributed by atoms with Gasteiger partial charge >= 0.3 is 0 Å². The molecule has 1 fully saturated rings. The van der Waals surface area contributed by atoms with E-state index in [2.05, 4.69) is 6.58 Å². The van der Waals surface area contributed by atoms with Crippen molar-refractivity contribution in [2.75, 3.05) is 13.2 Å². The van der Waals surface area contributed by atoms with Crippen LogP contribution in [0.3, 0.4) is 0 Å². The lowest BCUT2D eigenvalue weighted by molar-refractivity contribution is -0.130. The summed E-state index contributed by atoms with van der Waals surface area (Å²) in [5.41, 5.74) is -0.400. The molecular weight excluding hydrogens is 216 g/mol. The Bertz CT molecular complexity index is 296. The molecular formula is C14H22O3. The van der Waals surface area contributed by atoms with Crippen molar-refractivity contribution < 1.29 is 14.3 Å². The van der Waals surface area contributed by atoms with Crippen molar-refractivity contribution in [3.63, 3.8) is 0 Å². The quantitative estimate of drug-likeness (QED) is 0.406. The maximum absolute atomic E-state index is 12.2. The summed E-state index contributed by atoms with van der Waals surface area (Å²) >= 11 is 0. The van der Waals surface area contributed by atoms with Gasteiger partial charge in [0.15, 0.2) is 0 Å². The summed E-state index contributed by atoms with van der Waals surface area (Å²) in [5, 5.41) is 0. The highest BCUT2D eigenvalue weighted by Crippen LogP contribution is 2.38. The Morgan fingerprint density at radius 1 is 1.35 bits per heavy atom. The summed E-state index contributed by atoms with van der Waals surface area (Å²) in [5.74, 6) is 0.420. The minimum Gasteiger partial charge on any atom is -0.382 e. The second kappa shape index (κ2) is 6.70. The fourth-order valence-corrected chi connectivity index (χ4v) is 2.43. The van der Waals surface area contributed by atoms with Gasteiger partial charge in [-0.15, -0.1) is 6.58 Å². The van der Waals surface area contributed by atoms with Crippen molar-refractivity contribution in [3.05, 3.63) is 12.7 Å². The minimum atomic E-state index is -0.400. The van der Waals surface area contributed by atoms with Crippen LogP contribution in [0.5, 0.6) is 0 Å². The van der Waals surface area contributed by atoms with E-state index in [9.17, 15) is 9.59 Å². The Labute approximate surface area is 103 Å². The molecule has 0 unspecified atom stereocenters. The van der Waals surface area contributed by atoms with E-state index in [1.165, 1.54) is 0 Å². The topological polar surface area (TPSA) is 43.4 Å². The average molecular weight is 238 g/mol. The Kier molecular flexibility index (Phi) is 5.56. The first kappa shape index (κ1) is 14.1. The Morgan fingerprint density at radius 2 is 2.12 bits per heavy atom. The van der Waals surface area contributed by atoms with Gasteiger partial charge in [-0.05, 0) is 26.2 Å². The second-order valence-corrected chi connectivity index (χ2v) is 4.68. The molecule has 17 heavy (non-hydrogen) atoms. The Morgan fingerprint density at radius 3 is 2.76 bits per heavy atom. The molecule has 3 nitrogen and oxygen atoms in total. The third kappa shape index (κ3) is 3.77. The zero-order valence-electron chi connectivity index (χ0n) is 10.7. The molecule has 0 saturated heterocycles. The van der Waals surface area contributed by atoms with E-state index in [1.807, 2.05) is 6.92 Å². The molecule has 1 rings (SSSR count). The number of hydrogen-bond donors (Lipinski definition) is 0. The van der Waals surface area contributed by atoms with Crippen molar-refractivity contribution >= 4 is 11.6 Å². The maximum atomic E-state index is 12.2. The van der Waals surface area contributed by atoms with Crippen LogP contribution in [0.25, 0.3) is 0 Å². The van der Waals surface area contributed by atoms with Gasteiger partial charge in [-0.2, -0.15) is 0 Å². The molecule has 0 aromatic rings. The monoisotopic (exact) mass is 238 g/mol. The predicted octanol–water partition coefficient (Wildman–Crippen LogP) is 2.69. The number of ketones is 2. The van der Waals surface area contributed by atoms with Gasteiger partial charge in [-0.1, -0.05) is 6.08 Å². The van der Waals surface area contributed by atoms with E-state index in [0.29, 0.717) is 51.7 Å². The van der Waals surface area contributed by atoms with E-state index < -0.39 is 5.41 Å². The van der Waals surface area contributed by atoms with E-state index in [-0.39, 0.29) is 11.6 Å². The standard InChI is InChI=1S/C14H22O3/c1-3-8-14(10-11-17-4-2)9-7-12(15)5-6-13(14)16/h3H,1,4-11H2,2H3/t14-/m1/s1. The van der Waals surface area contributed by atoms with Gasteiger partial charge < -0.3 is 4.74 Å². The molecule has 0 N–H and O–H groups in total. The molecule has 0 aromatic heterocycles. The molecule has 0 aliphatic heterocycles. The Hall–Kier alpha value is -0.960. The summed E-state index contributed by atoms with van der Waals surface area (Å²) in [4.78, 5) is 23.7. The average Bonchev–Trinajstić information content (AvgIpc) is 2.44. The number of rotatable bonds is 6. The van der Waals surface area contributed by atoms with Crippen molar-refractivity contribution in [2.45, 2.75) is 45.4 Å². The SMILES string of the molecule is C=CC[C@]1(CCOCC)CCC(=O)CCC1=O. The smallest absolute Gasteiger partial charge is 0.139 e. The van der Waals surface area contributed by atoms with Crippen LogP contribution in [-0.4, -0.2) is 24.8 Å². The van der Waals surface area contributed by atoms with E-state index in [1.54, 1.807) is 6.08 Å². The highest BCUT2D eigenvalue weighted by Gasteiger charge is 2.38. The molecule has 1 aliphatic carbocycles. The van der Waals surface area contributed by atoms with Crippen LogP contribution in [0.1, 0.15) is 45.4 Å². The molecule has 0 spiro atoms. The van der Waals surface area contributed by atoms with Crippen LogP contribution in [-0.2, 0) is 14.3 Å². The van der Waals surface area contributed by atoms with Crippen LogP contribution < -0.4 is 0 Å². The van der Waals surface area contributed by atoms with Crippen molar-refractivity contribution in [2.24, 2.45) is 5.41 Å². The summed E-state index contributed by atoms with van der Waals surface area (Å²) in [6, 6.07) is 0. The largest absolute Gasteiger partial charge is 0.382 e. The summed E-state index contributed by atoms with van der Waals surface area (Å²) < 4.78 is 5.35. The first-order valence-electron chi connectivity index (χ1n) is 6.38. The lowest BCUT2D eigenvalue weighted by Crippen LogP contribution is -2.31. The number of carbonyl (C=O) groups excluding carboxylic acids is 2. The molecule has 3 heteroatoms. The molecule has 96 valence electrons. The van der Waals surface area contributed by atoms with Gasteiger partial charge in [0.1, 0.15) is 11.6 Å². The summed E-state index contributed by atoms with van der Waals surface area (Å²) in [7, 11) is 0. The zero-order valence-corrected chi connectivity index (χ0v) is 10.7. The van der Waals surface area contributed by atoms with Gasteiger partial charge in [0.05, 0.1) is 0 Å². The van der Waals surface area contributed by atoms with Gasteiger partial charge in [0.25, 0.3) is 0 Å². The third-order valence-electron chi connectivity index (χ3n) is 3.57. The van der Waals surface area contributed by atoms with Gasteiger partial charge in [-0.25, -0.2) is 0 Å². The molecule has 1 saturated carbocycles. The second-order valence-electron chi connectivity index (χ2n) is 4.68. The lowest BCUT2D eigenvalue weighted by Gasteiger charge is -2.29. The highest BCUT2D eigenvalue weighted by atomic mass is 16.5. The fraction of sp³-hybridized carbons (Fsp3) is 0.714. The van der Waals surface area contributed by atoms with Crippen LogP contribution in [0.2, 0.25) is 0 Å². The maximum Gasteiger partial charge on any atom is 0.139 e. The molecule has 0 bridgehead atoms. The molecule has 0 heterocycles. The van der Waals surface area contributed by atoms with Crippen molar-refractivity contribution in [3.8, 4) is 0 Å². The fourth-order valence-electron chi connectivity index (χ4n) is 2.43. The summed E-state index contributed by atoms with van der Waals surface area (Å²) in [6.07, 6.45) is 5.13. The molecule has 1 atom stereocenters. The van der Waals surface area contributed by atoms with Gasteiger partial charge in [0.2, 0.25) is 0 Å². The molecule has 1 aliphatic rings. The predicted molar refractivity (Wildman–Crippen MR) is 66.8 cm³/mol. The van der Waals surface area contributed by atoms with Crippen molar-refractivity contribution in [1.29, 1.82) is 0 Å². The van der Waals surface area contributed by atoms with E-state index in [0.717, 1.165) is 0 Å². The van der Waals surface area contributed by atoms with Gasteiger partial charge in [-0.3, -0.25) is 9.59 Å². The third-order valence-corrected chi connectivity index (χ3v) is 3.57. The van der Waals surface area contributed by atoms with E-state index in [4.69, 9.17) is 4.74 Å². The lowest BCUT2D eigenvalue weighted by atomic mass is 9.74. The number of allylic oxidation sites excluding steroid dienone is 1. The summed E-state index contributed by atoms with van der Waals surface area (Å²) in [6.45, 7) is 6.93. The first-order chi connectivity index (χ1) is 8.14. The van der Waals surface area contributed by atoms with Crippen LogP contribution in [0.4, 0.5) is 0 Å². The zero-order chi connectivity index (χ0) is 12.7. The number of ether oxygens (including phenoxy) is 1. The molecule has 0 aromatic carbocycles. The van der Waals surface area contributed by atoms with Crippen LogP contribution in [0, 0.1) is 5.41 Å². The van der Waals surface area contributed by atoms with Crippen LogP contribution >= 0.6 is 0 Å². The van der Waals surface area contributed by atoms with E-state index >= 15 is 0 Å². The van der Waals surface area contributed by atoms with Crippen LogP contribution in [0.15, 0.2) is 12.7 Å². The normalized spacial score (nSPS) is 25.7. The first-order valence-corrected chi connectivity index (χ1v) is 6.38. The Balaban J connectivity index is 2.74. The molecule has 0 amide bonds. The van der Waals surface area contributed by atoms with Crippen molar-refractivity contribution in [1.82, 2.24) is 0 Å². The molecule has 0 radical (unpaired) electrons. The number of hydrogen-bond acceptors (Lipinski definition) is 3. The highest BCUT2D eigenvalue weighted by molar-refractivity contribution is 5.92. The van der Waals surface area contributed by atoms with Gasteiger partial charge in [0, 0.05) is 37.9 Å².